The van der Waals surface area contributed by atoms with E-state index in [1.54, 1.807) is 14.0 Å². The van der Waals surface area contributed by atoms with E-state index >= 15 is 0 Å². The van der Waals surface area contributed by atoms with Gasteiger partial charge in [-0.3, -0.25) is 9.79 Å². The average molecular weight is 617 g/mol. The number of Topliss-reactive ketones (excluding diaryl/α,β-unsaturated/α-hetero) is 1. The molecule has 1 aromatic rings. The summed E-state index contributed by atoms with van der Waals surface area (Å²) in [6.45, 7) is 9.14. The maximum atomic E-state index is 12.8. The first kappa shape index (κ1) is 34.2. The highest BCUT2D eigenvalue weighted by atomic mass is 19.4. The largest absolute Gasteiger partial charge is 0.391 e. The van der Waals surface area contributed by atoms with Crippen molar-refractivity contribution in [1.29, 1.82) is 0 Å². The van der Waals surface area contributed by atoms with Gasteiger partial charge in [0.15, 0.2) is 5.78 Å². The van der Waals surface area contributed by atoms with Crippen molar-refractivity contribution >= 4 is 23.6 Å². The van der Waals surface area contributed by atoms with E-state index in [2.05, 4.69) is 77.2 Å². The van der Waals surface area contributed by atoms with Gasteiger partial charge in [0.25, 0.3) is 0 Å². The number of alkyl halides is 3. The third-order valence-electron chi connectivity index (χ3n) is 8.74. The molecule has 1 heterocycles. The van der Waals surface area contributed by atoms with Gasteiger partial charge in [-0.2, -0.15) is 13.2 Å². The topological polar surface area (TPSA) is 32.7 Å². The third-order valence-corrected chi connectivity index (χ3v) is 8.74. The third kappa shape index (κ3) is 10.2. The van der Waals surface area contributed by atoms with Crippen LogP contribution in [0.2, 0.25) is 0 Å². The molecule has 1 atom stereocenters. The molecule has 1 aromatic carbocycles. The Hall–Kier alpha value is -3.67. The zero-order chi connectivity index (χ0) is 32.4. The summed E-state index contributed by atoms with van der Waals surface area (Å²) in [5.74, 6) is -0.664. The van der Waals surface area contributed by atoms with Gasteiger partial charge in [0.05, 0.1) is 5.92 Å². The van der Waals surface area contributed by atoms with Crippen molar-refractivity contribution in [2.45, 2.75) is 77.8 Å². The van der Waals surface area contributed by atoms with E-state index in [-0.39, 0.29) is 12.3 Å². The van der Waals surface area contributed by atoms with E-state index in [9.17, 15) is 18.0 Å². The molecule has 0 spiro atoms. The highest BCUT2D eigenvalue weighted by Crippen LogP contribution is 2.36. The summed E-state index contributed by atoms with van der Waals surface area (Å²) >= 11 is 0. The van der Waals surface area contributed by atoms with Crippen LogP contribution in [0.25, 0.3) is 11.6 Å². The van der Waals surface area contributed by atoms with E-state index < -0.39 is 12.1 Å². The molecule has 0 bridgehead atoms. The van der Waals surface area contributed by atoms with E-state index in [1.165, 1.54) is 6.92 Å². The normalized spacial score (nSPS) is 20.9. The van der Waals surface area contributed by atoms with Crippen molar-refractivity contribution in [1.82, 2.24) is 4.90 Å². The van der Waals surface area contributed by atoms with E-state index in [0.717, 1.165) is 109 Å². The van der Waals surface area contributed by atoms with Crippen molar-refractivity contribution in [2.75, 3.05) is 20.1 Å². The second kappa shape index (κ2) is 16.1. The number of rotatable bonds is 12. The Kier molecular flexibility index (Phi) is 12.2. The Balaban J connectivity index is 1.40. The number of hydrogen-bond donors (Lipinski definition) is 0. The molecule has 0 radical (unpaired) electrons. The van der Waals surface area contributed by atoms with Crippen LogP contribution in [0.4, 0.5) is 13.2 Å². The first-order chi connectivity index (χ1) is 21.6. The summed E-state index contributed by atoms with van der Waals surface area (Å²) in [5.41, 5.74) is 8.52. The average Bonchev–Trinajstić information content (AvgIpc) is 3.84. The van der Waals surface area contributed by atoms with Crippen molar-refractivity contribution < 1.29 is 18.0 Å². The molecule has 0 amide bonds. The molecule has 6 heteroatoms. The minimum Gasteiger partial charge on any atom is -0.371 e. The van der Waals surface area contributed by atoms with Crippen LogP contribution in [0.1, 0.15) is 82.8 Å². The van der Waals surface area contributed by atoms with Crippen LogP contribution in [-0.2, 0) is 4.79 Å². The van der Waals surface area contributed by atoms with Crippen LogP contribution < -0.4 is 0 Å². The molecule has 240 valence electrons. The monoisotopic (exact) mass is 616 g/mol. The standard InChI is InChI=1S/C39H47F3N2O/c1-28(26-30(3)39(40,41)42)10-6-5-7-11-31-15-18-32(19-16-31)35-17-14-29(2)36(27-35)37(22-23-43-4)44-24-8-12-33(13-9-25-44)38(45)34-20-21-34/h7,10-12,15-19,22-23,27,30,34H,2,5-6,8-9,13-14,20-21,24-26H2,1,3-4H3/b11-7+,28-10-,33-12-,37-22+,43-23?. The molecule has 1 unspecified atom stereocenters. The minimum absolute atomic E-state index is 0.0518. The molecule has 3 aliphatic rings. The molecule has 1 fully saturated rings. The molecule has 0 N–H and O–H groups in total. The van der Waals surface area contributed by atoms with Gasteiger partial charge in [-0.05, 0) is 105 Å². The van der Waals surface area contributed by atoms with E-state index in [1.807, 2.05) is 12.3 Å². The van der Waals surface area contributed by atoms with Crippen LogP contribution in [0.5, 0.6) is 0 Å². The quantitative estimate of drug-likeness (QED) is 0.133. The molecule has 0 saturated heterocycles. The van der Waals surface area contributed by atoms with Gasteiger partial charge >= 0.3 is 6.18 Å². The summed E-state index contributed by atoms with van der Waals surface area (Å²) < 4.78 is 38.4. The molecular formula is C39H47F3N2O. The Morgan fingerprint density at radius 2 is 1.89 bits per heavy atom. The number of aliphatic imine (C=N–C) groups is 1. The number of ketones is 1. The lowest BCUT2D eigenvalue weighted by molar-refractivity contribution is -0.169. The molecule has 0 aromatic heterocycles. The van der Waals surface area contributed by atoms with Crippen molar-refractivity contribution in [3.8, 4) is 0 Å². The Morgan fingerprint density at radius 1 is 1.13 bits per heavy atom. The smallest absolute Gasteiger partial charge is 0.371 e. The molecule has 45 heavy (non-hydrogen) atoms. The van der Waals surface area contributed by atoms with Gasteiger partial charge in [-0.25, -0.2) is 0 Å². The zero-order valence-electron chi connectivity index (χ0n) is 27.0. The van der Waals surface area contributed by atoms with Crippen molar-refractivity contribution in [3.05, 3.63) is 106 Å². The summed E-state index contributed by atoms with van der Waals surface area (Å²) in [4.78, 5) is 19.3. The van der Waals surface area contributed by atoms with E-state index in [0.29, 0.717) is 5.78 Å². The van der Waals surface area contributed by atoms with Crippen LogP contribution in [0, 0.1) is 11.8 Å². The number of halogens is 3. The molecule has 1 saturated carbocycles. The summed E-state index contributed by atoms with van der Waals surface area (Å²) in [5, 5.41) is 0. The Morgan fingerprint density at radius 3 is 2.58 bits per heavy atom. The number of hydrogen-bond acceptors (Lipinski definition) is 3. The number of carbonyl (C=O) groups excluding carboxylic acids is 1. The second-order valence-electron chi connectivity index (χ2n) is 12.5. The number of carbonyl (C=O) groups is 1. The molecule has 1 aliphatic heterocycles. The van der Waals surface area contributed by atoms with E-state index in [4.69, 9.17) is 0 Å². The second-order valence-corrected chi connectivity index (χ2v) is 12.5. The summed E-state index contributed by atoms with van der Waals surface area (Å²) in [6.07, 6.45) is 19.5. The van der Waals surface area contributed by atoms with Crippen LogP contribution in [-0.4, -0.2) is 43.2 Å². The first-order valence-electron chi connectivity index (χ1n) is 16.3. The Labute approximate surface area is 267 Å². The SMILES string of the molecule is C=C1CC=C(c2ccc(/C=C/CC/C=C(/C)CC(C)C(F)(F)F)cc2)C=C1/C(=C\C=NC)N1CC/C=C(\C(=O)C2CC2)CCC1. The molecular weight excluding hydrogens is 569 g/mol. The molecule has 2 aliphatic carbocycles. The van der Waals surface area contributed by atoms with Gasteiger partial charge in [0, 0.05) is 43.5 Å². The number of benzene rings is 1. The number of nitrogens with zero attached hydrogens (tertiary/aromatic N) is 2. The lowest BCUT2D eigenvalue weighted by Crippen LogP contribution is -2.29. The van der Waals surface area contributed by atoms with Gasteiger partial charge < -0.3 is 4.90 Å². The summed E-state index contributed by atoms with van der Waals surface area (Å²) in [7, 11) is 1.78. The highest BCUT2D eigenvalue weighted by Gasteiger charge is 2.35. The Bertz CT molecular complexity index is 1430. The van der Waals surface area contributed by atoms with Gasteiger partial charge in [-0.15, -0.1) is 0 Å². The number of allylic oxidation sites excluding steroid dienone is 9. The fraction of sp³-hybridized carbons (Fsp3) is 0.436. The predicted molar refractivity (Wildman–Crippen MR) is 182 cm³/mol. The van der Waals surface area contributed by atoms with Gasteiger partial charge in [0.1, 0.15) is 0 Å². The lowest BCUT2D eigenvalue weighted by atomic mass is 9.88. The predicted octanol–water partition coefficient (Wildman–Crippen LogP) is 10.3. The first-order valence-corrected chi connectivity index (χ1v) is 16.3. The fourth-order valence-electron chi connectivity index (χ4n) is 5.88. The van der Waals surface area contributed by atoms with Gasteiger partial charge in [-0.1, -0.05) is 73.7 Å². The lowest BCUT2D eigenvalue weighted by Gasteiger charge is -2.32. The van der Waals surface area contributed by atoms with Crippen LogP contribution >= 0.6 is 0 Å². The van der Waals surface area contributed by atoms with Crippen LogP contribution in [0.15, 0.2) is 100 Å². The molecule has 4 rings (SSSR count). The minimum atomic E-state index is -4.14. The van der Waals surface area contributed by atoms with Crippen molar-refractivity contribution in [2.24, 2.45) is 16.8 Å². The van der Waals surface area contributed by atoms with Gasteiger partial charge in [0.2, 0.25) is 0 Å². The van der Waals surface area contributed by atoms with Crippen molar-refractivity contribution in [3.63, 3.8) is 0 Å². The maximum Gasteiger partial charge on any atom is 0.391 e. The number of unbranched alkanes of at least 4 members (excludes halogenated alkanes) is 1. The fourth-order valence-corrected chi connectivity index (χ4v) is 5.88. The highest BCUT2D eigenvalue weighted by molar-refractivity contribution is 5.98. The molecule has 3 nitrogen and oxygen atoms in total. The summed E-state index contributed by atoms with van der Waals surface area (Å²) in [6, 6.07) is 8.46. The zero-order valence-corrected chi connectivity index (χ0v) is 27.0. The maximum absolute atomic E-state index is 12.8. The van der Waals surface area contributed by atoms with Crippen LogP contribution in [0.3, 0.4) is 0 Å².